The van der Waals surface area contributed by atoms with Crippen LogP contribution in [0.2, 0.25) is 0 Å². The van der Waals surface area contributed by atoms with E-state index in [2.05, 4.69) is 10.2 Å². The Hall–Kier alpha value is -1.75. The van der Waals surface area contributed by atoms with E-state index in [-0.39, 0.29) is 11.9 Å². The van der Waals surface area contributed by atoms with Crippen LogP contribution in [0.4, 0.5) is 0 Å². The Morgan fingerprint density at radius 2 is 1.92 bits per heavy atom. The Bertz CT molecular complexity index is 597. The first-order valence-electron chi connectivity index (χ1n) is 10.1. The summed E-state index contributed by atoms with van der Waals surface area (Å²) in [5, 5.41) is 3.21. The van der Waals surface area contributed by atoms with E-state index in [4.69, 9.17) is 9.47 Å². The second kappa shape index (κ2) is 9.26. The zero-order chi connectivity index (χ0) is 18.4. The molecule has 1 amide bonds. The lowest BCUT2D eigenvalue weighted by Crippen LogP contribution is -2.39. The minimum Gasteiger partial charge on any atom is -0.493 e. The smallest absolute Gasteiger partial charge is 0.251 e. The van der Waals surface area contributed by atoms with Crippen molar-refractivity contribution in [3.05, 3.63) is 23.8 Å². The molecule has 1 heterocycles. The van der Waals surface area contributed by atoms with Gasteiger partial charge in [-0.1, -0.05) is 25.7 Å². The Morgan fingerprint density at radius 3 is 2.62 bits per heavy atom. The van der Waals surface area contributed by atoms with Crippen molar-refractivity contribution in [3.63, 3.8) is 0 Å². The molecular weight excluding hydrogens is 328 g/mol. The Balaban J connectivity index is 1.56. The highest BCUT2D eigenvalue weighted by atomic mass is 16.5. The van der Waals surface area contributed by atoms with Crippen molar-refractivity contribution in [2.45, 2.75) is 64.0 Å². The summed E-state index contributed by atoms with van der Waals surface area (Å²) in [6.45, 7) is 4.58. The van der Waals surface area contributed by atoms with Gasteiger partial charge in [0.2, 0.25) is 0 Å². The topological polar surface area (TPSA) is 50.8 Å². The third-order valence-electron chi connectivity index (χ3n) is 5.62. The van der Waals surface area contributed by atoms with E-state index in [9.17, 15) is 4.79 Å². The summed E-state index contributed by atoms with van der Waals surface area (Å²) in [7, 11) is 1.60. The van der Waals surface area contributed by atoms with E-state index in [1.807, 2.05) is 13.0 Å². The van der Waals surface area contributed by atoms with Crippen LogP contribution in [-0.2, 0) is 0 Å². The highest BCUT2D eigenvalue weighted by Crippen LogP contribution is 2.28. The summed E-state index contributed by atoms with van der Waals surface area (Å²) < 4.78 is 10.9. The second-order valence-corrected chi connectivity index (χ2v) is 7.40. The van der Waals surface area contributed by atoms with E-state index in [1.165, 1.54) is 38.5 Å². The number of rotatable bonds is 6. The van der Waals surface area contributed by atoms with Gasteiger partial charge in [-0.3, -0.25) is 9.69 Å². The molecule has 1 aliphatic carbocycles. The van der Waals surface area contributed by atoms with Gasteiger partial charge in [0, 0.05) is 30.7 Å². The highest BCUT2D eigenvalue weighted by molar-refractivity contribution is 5.95. The van der Waals surface area contributed by atoms with Crippen molar-refractivity contribution >= 4 is 5.91 Å². The first-order chi connectivity index (χ1) is 12.7. The van der Waals surface area contributed by atoms with Crippen LogP contribution in [0.3, 0.4) is 0 Å². The van der Waals surface area contributed by atoms with Crippen LogP contribution >= 0.6 is 0 Å². The van der Waals surface area contributed by atoms with E-state index < -0.39 is 0 Å². The number of nitrogens with zero attached hydrogens (tertiary/aromatic N) is 1. The summed E-state index contributed by atoms with van der Waals surface area (Å²) in [6, 6.07) is 6.33. The maximum absolute atomic E-state index is 12.6. The highest BCUT2D eigenvalue weighted by Gasteiger charge is 2.29. The van der Waals surface area contributed by atoms with Gasteiger partial charge in [-0.25, -0.2) is 0 Å². The molecule has 1 saturated heterocycles. The van der Waals surface area contributed by atoms with Gasteiger partial charge < -0.3 is 14.8 Å². The molecule has 0 radical (unpaired) electrons. The van der Waals surface area contributed by atoms with Crippen LogP contribution in [0.5, 0.6) is 11.5 Å². The lowest BCUT2D eigenvalue weighted by molar-refractivity contribution is 0.0935. The molecule has 2 aliphatic rings. The van der Waals surface area contributed by atoms with Crippen LogP contribution in [0.25, 0.3) is 0 Å². The normalized spacial score (nSPS) is 22.0. The summed E-state index contributed by atoms with van der Waals surface area (Å²) in [5.74, 6) is 1.25. The van der Waals surface area contributed by atoms with E-state index >= 15 is 0 Å². The fraction of sp³-hybridized carbons (Fsp3) is 0.667. The van der Waals surface area contributed by atoms with Crippen molar-refractivity contribution in [1.82, 2.24) is 10.2 Å². The number of carbonyl (C=O) groups is 1. The molecule has 1 saturated carbocycles. The molecule has 3 rings (SSSR count). The van der Waals surface area contributed by atoms with Crippen LogP contribution in [0.15, 0.2) is 18.2 Å². The van der Waals surface area contributed by atoms with Crippen molar-refractivity contribution in [2.24, 2.45) is 0 Å². The molecule has 1 unspecified atom stereocenters. The van der Waals surface area contributed by atoms with Gasteiger partial charge in [0.05, 0.1) is 13.7 Å². The van der Waals surface area contributed by atoms with Crippen LogP contribution in [0.1, 0.15) is 62.2 Å². The largest absolute Gasteiger partial charge is 0.493 e. The SMILES string of the molecule is CCOc1ccc(C(=O)NC2CCN(C3CCCCCC3)C2)cc1OC. The van der Waals surface area contributed by atoms with Gasteiger partial charge >= 0.3 is 0 Å². The van der Waals surface area contributed by atoms with Crippen molar-refractivity contribution in [1.29, 1.82) is 0 Å². The van der Waals surface area contributed by atoms with Crippen LogP contribution in [0, 0.1) is 0 Å². The summed E-state index contributed by atoms with van der Waals surface area (Å²) in [6.07, 6.45) is 9.13. The van der Waals surface area contributed by atoms with Gasteiger partial charge in [-0.15, -0.1) is 0 Å². The fourth-order valence-corrected chi connectivity index (χ4v) is 4.21. The molecule has 5 nitrogen and oxygen atoms in total. The van der Waals surface area contributed by atoms with E-state index in [0.717, 1.165) is 19.5 Å². The minimum atomic E-state index is -0.0286. The maximum Gasteiger partial charge on any atom is 0.251 e. The molecule has 0 spiro atoms. The molecule has 5 heteroatoms. The predicted octanol–water partition coefficient (Wildman–Crippen LogP) is 3.62. The first kappa shape index (κ1) is 19.0. The standard InChI is InChI=1S/C21H32N2O3/c1-3-26-19-11-10-16(14-20(19)25-2)21(24)22-17-12-13-23(15-17)18-8-6-4-5-7-9-18/h10-11,14,17-18H,3-9,12-13,15H2,1-2H3,(H,22,24). The molecule has 1 aliphatic heterocycles. The molecular formula is C21H32N2O3. The van der Waals surface area contributed by atoms with Gasteiger partial charge in [0.1, 0.15) is 0 Å². The number of carbonyl (C=O) groups excluding carboxylic acids is 1. The average molecular weight is 360 g/mol. The number of likely N-dealkylation sites (tertiary alicyclic amines) is 1. The van der Waals surface area contributed by atoms with E-state index in [0.29, 0.717) is 29.7 Å². The number of benzene rings is 1. The predicted molar refractivity (Wildman–Crippen MR) is 103 cm³/mol. The molecule has 144 valence electrons. The average Bonchev–Trinajstić information content (AvgIpc) is 2.94. The molecule has 26 heavy (non-hydrogen) atoms. The maximum atomic E-state index is 12.6. The summed E-state index contributed by atoms with van der Waals surface area (Å²) in [5.41, 5.74) is 0.623. The molecule has 0 bridgehead atoms. The fourth-order valence-electron chi connectivity index (χ4n) is 4.21. The molecule has 1 aromatic carbocycles. The van der Waals surface area contributed by atoms with Crippen molar-refractivity contribution in [2.75, 3.05) is 26.8 Å². The number of ether oxygens (including phenoxy) is 2. The van der Waals surface area contributed by atoms with Crippen molar-refractivity contribution < 1.29 is 14.3 Å². The lowest BCUT2D eigenvalue weighted by Gasteiger charge is -2.26. The summed E-state index contributed by atoms with van der Waals surface area (Å²) >= 11 is 0. The zero-order valence-electron chi connectivity index (χ0n) is 16.1. The minimum absolute atomic E-state index is 0.0286. The third kappa shape index (κ3) is 4.70. The number of hydrogen-bond donors (Lipinski definition) is 1. The van der Waals surface area contributed by atoms with E-state index in [1.54, 1.807) is 19.2 Å². The number of amides is 1. The lowest BCUT2D eigenvalue weighted by atomic mass is 10.1. The molecule has 1 aromatic rings. The van der Waals surface area contributed by atoms with Crippen LogP contribution < -0.4 is 14.8 Å². The Morgan fingerprint density at radius 1 is 1.15 bits per heavy atom. The first-order valence-corrected chi connectivity index (χ1v) is 10.1. The van der Waals surface area contributed by atoms with Gasteiger partial charge in [-0.2, -0.15) is 0 Å². The second-order valence-electron chi connectivity index (χ2n) is 7.40. The number of methoxy groups -OCH3 is 1. The Kier molecular flexibility index (Phi) is 6.78. The zero-order valence-corrected chi connectivity index (χ0v) is 16.1. The van der Waals surface area contributed by atoms with Gasteiger partial charge in [-0.05, 0) is 44.4 Å². The number of nitrogens with one attached hydrogen (secondary N) is 1. The van der Waals surface area contributed by atoms with Crippen molar-refractivity contribution in [3.8, 4) is 11.5 Å². The Labute approximate surface area is 157 Å². The molecule has 0 aromatic heterocycles. The molecule has 2 fully saturated rings. The third-order valence-corrected chi connectivity index (χ3v) is 5.62. The van der Waals surface area contributed by atoms with Crippen LogP contribution in [-0.4, -0.2) is 49.7 Å². The van der Waals surface area contributed by atoms with Gasteiger partial charge in [0.25, 0.3) is 5.91 Å². The summed E-state index contributed by atoms with van der Waals surface area (Å²) in [4.78, 5) is 15.2. The number of hydrogen-bond acceptors (Lipinski definition) is 4. The monoisotopic (exact) mass is 360 g/mol. The quantitative estimate of drug-likeness (QED) is 0.787. The molecule has 1 N–H and O–H groups in total. The molecule has 1 atom stereocenters. The van der Waals surface area contributed by atoms with Gasteiger partial charge in [0.15, 0.2) is 11.5 Å².